The fourth-order valence-electron chi connectivity index (χ4n) is 3.78. The standard InChI is InChI=1S/C24H22N2O3/c1-2-15-8-10-18(11-9-15)25-23(28)20-14-19-21(26-24(20)29)12-17(13-22(19)27)16-6-4-3-5-7-16/h3-11,14,17H,2,12-13H2,1H3,(H,25,28)(H,26,29). The predicted octanol–water partition coefficient (Wildman–Crippen LogP) is 4.10. The van der Waals surface area contributed by atoms with Crippen LogP contribution in [0.3, 0.4) is 0 Å². The molecule has 29 heavy (non-hydrogen) atoms. The van der Waals surface area contributed by atoms with Gasteiger partial charge in [-0.1, -0.05) is 49.4 Å². The lowest BCUT2D eigenvalue weighted by Crippen LogP contribution is -2.29. The number of hydrogen-bond donors (Lipinski definition) is 2. The molecule has 1 unspecified atom stereocenters. The van der Waals surface area contributed by atoms with Crippen LogP contribution in [0.25, 0.3) is 0 Å². The number of pyridine rings is 1. The number of carbonyl (C=O) groups excluding carboxylic acids is 2. The zero-order valence-corrected chi connectivity index (χ0v) is 16.2. The van der Waals surface area contributed by atoms with Crippen molar-refractivity contribution in [1.29, 1.82) is 0 Å². The van der Waals surface area contributed by atoms with Crippen LogP contribution in [0.2, 0.25) is 0 Å². The molecule has 0 spiro atoms. The van der Waals surface area contributed by atoms with Gasteiger partial charge in [0.25, 0.3) is 11.5 Å². The normalized spacial score (nSPS) is 15.6. The molecule has 0 fully saturated rings. The summed E-state index contributed by atoms with van der Waals surface area (Å²) in [4.78, 5) is 40.7. The van der Waals surface area contributed by atoms with Crippen LogP contribution in [0, 0.1) is 0 Å². The van der Waals surface area contributed by atoms with E-state index in [2.05, 4.69) is 17.2 Å². The van der Waals surface area contributed by atoms with Gasteiger partial charge >= 0.3 is 0 Å². The molecule has 4 rings (SSSR count). The van der Waals surface area contributed by atoms with Crippen molar-refractivity contribution in [1.82, 2.24) is 4.98 Å². The zero-order valence-electron chi connectivity index (χ0n) is 16.2. The van der Waals surface area contributed by atoms with Crippen molar-refractivity contribution < 1.29 is 9.59 Å². The summed E-state index contributed by atoms with van der Waals surface area (Å²) in [5.74, 6) is -0.544. The highest BCUT2D eigenvalue weighted by Gasteiger charge is 2.28. The Morgan fingerprint density at radius 1 is 1.03 bits per heavy atom. The number of Topliss-reactive ketones (excluding diaryl/α,β-unsaturated/α-hetero) is 1. The van der Waals surface area contributed by atoms with E-state index in [-0.39, 0.29) is 17.3 Å². The Morgan fingerprint density at radius 3 is 2.45 bits per heavy atom. The van der Waals surface area contributed by atoms with Crippen molar-refractivity contribution in [3.63, 3.8) is 0 Å². The van der Waals surface area contributed by atoms with E-state index in [1.807, 2.05) is 42.5 Å². The molecule has 0 bridgehead atoms. The summed E-state index contributed by atoms with van der Waals surface area (Å²) in [5, 5.41) is 2.74. The lowest BCUT2D eigenvalue weighted by atomic mass is 9.81. The van der Waals surface area contributed by atoms with Gasteiger partial charge in [-0.2, -0.15) is 0 Å². The Kier molecular flexibility index (Phi) is 5.12. The summed E-state index contributed by atoms with van der Waals surface area (Å²) in [6.45, 7) is 2.06. The van der Waals surface area contributed by atoms with Crippen molar-refractivity contribution in [2.24, 2.45) is 0 Å². The van der Waals surface area contributed by atoms with Crippen molar-refractivity contribution >= 4 is 17.4 Å². The molecule has 1 aromatic heterocycles. The maximum atomic E-state index is 12.7. The number of rotatable bonds is 4. The predicted molar refractivity (Wildman–Crippen MR) is 113 cm³/mol. The largest absolute Gasteiger partial charge is 0.325 e. The second-order valence-electron chi connectivity index (χ2n) is 7.35. The Hall–Kier alpha value is -3.47. The van der Waals surface area contributed by atoms with E-state index in [0.717, 1.165) is 17.5 Å². The quantitative estimate of drug-likeness (QED) is 0.708. The van der Waals surface area contributed by atoms with Crippen LogP contribution in [-0.4, -0.2) is 16.7 Å². The van der Waals surface area contributed by atoms with E-state index in [9.17, 15) is 14.4 Å². The maximum Gasteiger partial charge on any atom is 0.261 e. The third kappa shape index (κ3) is 3.90. The number of nitrogens with one attached hydrogen (secondary N) is 2. The van der Waals surface area contributed by atoms with E-state index < -0.39 is 11.5 Å². The van der Waals surface area contributed by atoms with E-state index in [1.165, 1.54) is 6.07 Å². The van der Waals surface area contributed by atoms with Gasteiger partial charge in [-0.15, -0.1) is 0 Å². The molecule has 1 amide bonds. The first-order chi connectivity index (χ1) is 14.0. The van der Waals surface area contributed by atoms with Gasteiger partial charge in [0.1, 0.15) is 5.56 Å². The van der Waals surface area contributed by atoms with Crippen LogP contribution >= 0.6 is 0 Å². The van der Waals surface area contributed by atoms with Crippen molar-refractivity contribution in [2.45, 2.75) is 32.1 Å². The van der Waals surface area contributed by atoms with Crippen LogP contribution < -0.4 is 10.9 Å². The van der Waals surface area contributed by atoms with Crippen LogP contribution in [0.4, 0.5) is 5.69 Å². The van der Waals surface area contributed by atoms with E-state index in [4.69, 9.17) is 0 Å². The van der Waals surface area contributed by atoms with Crippen molar-refractivity contribution in [3.05, 3.63) is 99.0 Å². The number of hydrogen-bond acceptors (Lipinski definition) is 3. The summed E-state index contributed by atoms with van der Waals surface area (Å²) in [5.41, 5.74) is 3.35. The fourth-order valence-corrected chi connectivity index (χ4v) is 3.78. The average Bonchev–Trinajstić information content (AvgIpc) is 2.74. The summed E-state index contributed by atoms with van der Waals surface area (Å²) in [6, 6.07) is 18.7. The smallest absolute Gasteiger partial charge is 0.261 e. The first-order valence-corrected chi connectivity index (χ1v) is 9.79. The number of aromatic amines is 1. The second kappa shape index (κ2) is 7.87. The van der Waals surface area contributed by atoms with Gasteiger partial charge in [-0.25, -0.2) is 0 Å². The van der Waals surface area contributed by atoms with E-state index in [0.29, 0.717) is 29.8 Å². The minimum Gasteiger partial charge on any atom is -0.325 e. The molecule has 146 valence electrons. The summed E-state index contributed by atoms with van der Waals surface area (Å²) >= 11 is 0. The Morgan fingerprint density at radius 2 is 1.76 bits per heavy atom. The highest BCUT2D eigenvalue weighted by molar-refractivity contribution is 6.06. The number of anilines is 1. The monoisotopic (exact) mass is 386 g/mol. The van der Waals surface area contributed by atoms with Crippen LogP contribution in [0.5, 0.6) is 0 Å². The molecular weight excluding hydrogens is 364 g/mol. The van der Waals surface area contributed by atoms with Gasteiger partial charge in [0.05, 0.1) is 0 Å². The molecule has 5 heteroatoms. The summed E-state index contributed by atoms with van der Waals surface area (Å²) < 4.78 is 0. The first kappa shape index (κ1) is 18.9. The molecule has 0 radical (unpaired) electrons. The molecule has 1 atom stereocenters. The van der Waals surface area contributed by atoms with Gasteiger partial charge in [0, 0.05) is 23.4 Å². The molecule has 3 aromatic rings. The Balaban J connectivity index is 1.59. The molecule has 1 heterocycles. The second-order valence-corrected chi connectivity index (χ2v) is 7.35. The summed E-state index contributed by atoms with van der Waals surface area (Å²) in [7, 11) is 0. The molecule has 0 saturated carbocycles. The van der Waals surface area contributed by atoms with Crippen LogP contribution in [0.1, 0.15) is 56.8 Å². The highest BCUT2D eigenvalue weighted by atomic mass is 16.2. The average molecular weight is 386 g/mol. The number of amides is 1. The third-order valence-electron chi connectivity index (χ3n) is 5.44. The number of aryl methyl sites for hydroxylation is 1. The molecule has 0 aliphatic heterocycles. The minimum atomic E-state index is -0.517. The molecule has 1 aliphatic rings. The molecule has 5 nitrogen and oxygen atoms in total. The number of ketones is 1. The zero-order chi connectivity index (χ0) is 20.4. The summed E-state index contributed by atoms with van der Waals surface area (Å²) in [6.07, 6.45) is 1.84. The van der Waals surface area contributed by atoms with Crippen molar-refractivity contribution in [3.8, 4) is 0 Å². The number of fused-ring (bicyclic) bond motifs is 1. The molecule has 2 aromatic carbocycles. The maximum absolute atomic E-state index is 12.7. The Bertz CT molecular complexity index is 1120. The minimum absolute atomic E-state index is 0.0311. The first-order valence-electron chi connectivity index (χ1n) is 9.79. The molecule has 0 saturated heterocycles. The topological polar surface area (TPSA) is 79.0 Å². The van der Waals surface area contributed by atoms with Gasteiger partial charge < -0.3 is 10.3 Å². The van der Waals surface area contributed by atoms with Crippen LogP contribution in [-0.2, 0) is 12.8 Å². The number of carbonyl (C=O) groups is 2. The fraction of sp³-hybridized carbons (Fsp3) is 0.208. The lowest BCUT2D eigenvalue weighted by Gasteiger charge is -2.24. The third-order valence-corrected chi connectivity index (χ3v) is 5.44. The van der Waals surface area contributed by atoms with Crippen LogP contribution in [0.15, 0.2) is 65.5 Å². The van der Waals surface area contributed by atoms with Crippen molar-refractivity contribution in [2.75, 3.05) is 5.32 Å². The lowest BCUT2D eigenvalue weighted by molar-refractivity contribution is 0.0963. The van der Waals surface area contributed by atoms with Gasteiger partial charge in [0.2, 0.25) is 0 Å². The highest BCUT2D eigenvalue weighted by Crippen LogP contribution is 2.31. The number of benzene rings is 2. The molecule has 2 N–H and O–H groups in total. The van der Waals surface area contributed by atoms with Gasteiger partial charge in [-0.3, -0.25) is 14.4 Å². The number of H-pyrrole nitrogens is 1. The van der Waals surface area contributed by atoms with Gasteiger partial charge in [0.15, 0.2) is 5.78 Å². The Labute approximate surface area is 168 Å². The molecule has 1 aliphatic carbocycles. The SMILES string of the molecule is CCc1ccc(NC(=O)c2cc3c([nH]c2=O)CC(c2ccccc2)CC3=O)cc1. The van der Waals surface area contributed by atoms with Gasteiger partial charge in [-0.05, 0) is 48.1 Å². The molecular formula is C24H22N2O3. The number of aromatic nitrogens is 1. The van der Waals surface area contributed by atoms with E-state index >= 15 is 0 Å². The van der Waals surface area contributed by atoms with E-state index in [1.54, 1.807) is 12.1 Å².